The van der Waals surface area contributed by atoms with Crippen LogP contribution in [0.5, 0.6) is 11.5 Å². The molecule has 0 aliphatic carbocycles. The summed E-state index contributed by atoms with van der Waals surface area (Å²) in [5.74, 6) is 1.44. The molecule has 132 valence electrons. The predicted octanol–water partition coefficient (Wildman–Crippen LogP) is 1.31. The molecule has 1 amide bonds. The standard InChI is InChI=1S/C18H21N3O4/c1-11(22)20(2)14-3-4-21(9-14)8-13-5-12-6-16-17(25-10-24-16)7-15(12)19-18(13)23/h5-7,14H,3-4,8-10H2,1-2H3,(H,19,23)/t14-/m0/s1. The van der Waals surface area contributed by atoms with Crippen molar-refractivity contribution in [1.82, 2.24) is 14.8 Å². The van der Waals surface area contributed by atoms with Crippen LogP contribution < -0.4 is 15.0 Å². The van der Waals surface area contributed by atoms with Gasteiger partial charge in [0.2, 0.25) is 12.7 Å². The summed E-state index contributed by atoms with van der Waals surface area (Å²) in [6.45, 7) is 4.03. The van der Waals surface area contributed by atoms with Crippen molar-refractivity contribution >= 4 is 16.8 Å². The van der Waals surface area contributed by atoms with Crippen LogP contribution in [-0.2, 0) is 11.3 Å². The highest BCUT2D eigenvalue weighted by atomic mass is 16.7. The number of benzene rings is 1. The third-order valence-electron chi connectivity index (χ3n) is 5.10. The molecule has 7 nitrogen and oxygen atoms in total. The number of nitrogens with zero attached hydrogens (tertiary/aromatic N) is 2. The van der Waals surface area contributed by atoms with Crippen molar-refractivity contribution in [2.75, 3.05) is 26.9 Å². The summed E-state index contributed by atoms with van der Waals surface area (Å²) in [5, 5.41) is 0.926. The lowest BCUT2D eigenvalue weighted by atomic mass is 10.1. The van der Waals surface area contributed by atoms with Crippen LogP contribution in [0.4, 0.5) is 0 Å². The molecule has 1 aromatic heterocycles. The lowest BCUT2D eigenvalue weighted by molar-refractivity contribution is -0.129. The quantitative estimate of drug-likeness (QED) is 0.909. The molecule has 2 aromatic rings. The minimum atomic E-state index is -0.0882. The van der Waals surface area contributed by atoms with Gasteiger partial charge in [-0.3, -0.25) is 14.5 Å². The number of nitrogens with one attached hydrogen (secondary N) is 1. The van der Waals surface area contributed by atoms with E-state index in [9.17, 15) is 9.59 Å². The van der Waals surface area contributed by atoms with E-state index in [0.29, 0.717) is 18.0 Å². The topological polar surface area (TPSA) is 74.9 Å². The minimum absolute atomic E-state index is 0.0754. The van der Waals surface area contributed by atoms with Crippen LogP contribution in [-0.4, -0.2) is 53.7 Å². The molecule has 1 fully saturated rings. The highest BCUT2D eigenvalue weighted by Crippen LogP contribution is 2.35. The monoisotopic (exact) mass is 343 g/mol. The number of pyridine rings is 1. The molecule has 4 rings (SSSR count). The van der Waals surface area contributed by atoms with Gasteiger partial charge in [-0.2, -0.15) is 0 Å². The first-order chi connectivity index (χ1) is 12.0. The van der Waals surface area contributed by atoms with E-state index < -0.39 is 0 Å². The number of rotatable bonds is 3. The minimum Gasteiger partial charge on any atom is -0.454 e. The van der Waals surface area contributed by atoms with Crippen LogP contribution in [0.25, 0.3) is 10.9 Å². The number of aromatic amines is 1. The second kappa shape index (κ2) is 6.07. The molecule has 1 atom stereocenters. The summed E-state index contributed by atoms with van der Waals surface area (Å²) in [6, 6.07) is 5.83. The second-order valence-electron chi connectivity index (χ2n) is 6.72. The van der Waals surface area contributed by atoms with E-state index in [2.05, 4.69) is 9.88 Å². The number of H-pyrrole nitrogens is 1. The zero-order valence-corrected chi connectivity index (χ0v) is 14.4. The summed E-state index contributed by atoms with van der Waals surface area (Å²) in [5.41, 5.74) is 1.38. The van der Waals surface area contributed by atoms with Crippen LogP contribution in [0.15, 0.2) is 23.0 Å². The van der Waals surface area contributed by atoms with Crippen LogP contribution in [0.2, 0.25) is 0 Å². The van der Waals surface area contributed by atoms with Gasteiger partial charge >= 0.3 is 0 Å². The van der Waals surface area contributed by atoms with Gasteiger partial charge in [-0.05, 0) is 18.6 Å². The Morgan fingerprint density at radius 2 is 2.08 bits per heavy atom. The van der Waals surface area contributed by atoms with Gasteiger partial charge in [0.1, 0.15) is 0 Å². The van der Waals surface area contributed by atoms with Crippen LogP contribution in [0, 0.1) is 0 Å². The Hall–Kier alpha value is -2.54. The van der Waals surface area contributed by atoms with Crippen molar-refractivity contribution in [3.05, 3.63) is 34.1 Å². The van der Waals surface area contributed by atoms with Crippen molar-refractivity contribution in [3.63, 3.8) is 0 Å². The molecule has 0 bridgehead atoms. The fraction of sp³-hybridized carbons (Fsp3) is 0.444. The molecule has 0 spiro atoms. The second-order valence-corrected chi connectivity index (χ2v) is 6.72. The van der Waals surface area contributed by atoms with Gasteiger partial charge in [-0.1, -0.05) is 0 Å². The average Bonchev–Trinajstić information content (AvgIpc) is 3.21. The van der Waals surface area contributed by atoms with Gasteiger partial charge in [0.25, 0.3) is 5.56 Å². The predicted molar refractivity (Wildman–Crippen MR) is 92.8 cm³/mol. The number of fused-ring (bicyclic) bond motifs is 2. The van der Waals surface area contributed by atoms with E-state index in [0.717, 1.165) is 36.0 Å². The number of amides is 1. The van der Waals surface area contributed by atoms with E-state index in [-0.39, 0.29) is 24.3 Å². The van der Waals surface area contributed by atoms with E-state index in [1.54, 1.807) is 17.9 Å². The molecule has 0 saturated carbocycles. The summed E-state index contributed by atoms with van der Waals surface area (Å²) >= 11 is 0. The number of hydrogen-bond acceptors (Lipinski definition) is 5. The van der Waals surface area contributed by atoms with E-state index >= 15 is 0 Å². The van der Waals surface area contributed by atoms with Gasteiger partial charge in [0, 0.05) is 56.7 Å². The van der Waals surface area contributed by atoms with E-state index in [4.69, 9.17) is 9.47 Å². The Morgan fingerprint density at radius 3 is 2.84 bits per heavy atom. The van der Waals surface area contributed by atoms with Gasteiger partial charge in [0.15, 0.2) is 11.5 Å². The van der Waals surface area contributed by atoms with Crippen molar-refractivity contribution < 1.29 is 14.3 Å². The maximum atomic E-state index is 12.4. The molecule has 2 aliphatic rings. The lowest BCUT2D eigenvalue weighted by Gasteiger charge is -2.23. The average molecular weight is 343 g/mol. The fourth-order valence-corrected chi connectivity index (χ4v) is 3.53. The molecule has 1 saturated heterocycles. The molecular weight excluding hydrogens is 322 g/mol. The summed E-state index contributed by atoms with van der Waals surface area (Å²) in [7, 11) is 1.84. The van der Waals surface area contributed by atoms with Crippen LogP contribution in [0.1, 0.15) is 18.9 Å². The first kappa shape index (κ1) is 16.0. The zero-order valence-electron chi connectivity index (χ0n) is 14.4. The van der Waals surface area contributed by atoms with Gasteiger partial charge in [-0.25, -0.2) is 0 Å². The van der Waals surface area contributed by atoms with Crippen LogP contribution in [0.3, 0.4) is 0 Å². The number of aromatic nitrogens is 1. The number of likely N-dealkylation sites (N-methyl/N-ethyl adjacent to an activating group) is 1. The van der Waals surface area contributed by atoms with Gasteiger partial charge in [-0.15, -0.1) is 0 Å². The zero-order chi connectivity index (χ0) is 17.6. The number of ether oxygens (including phenoxy) is 2. The molecule has 0 unspecified atom stereocenters. The maximum Gasteiger partial charge on any atom is 0.252 e. The summed E-state index contributed by atoms with van der Waals surface area (Å²) in [4.78, 5) is 30.9. The summed E-state index contributed by atoms with van der Waals surface area (Å²) in [6.07, 6.45) is 0.931. The number of likely N-dealkylation sites (tertiary alicyclic amines) is 1. The van der Waals surface area contributed by atoms with Crippen molar-refractivity contribution in [2.24, 2.45) is 0 Å². The molecule has 1 N–H and O–H groups in total. The Bertz CT molecular complexity index is 892. The van der Waals surface area contributed by atoms with E-state index in [1.807, 2.05) is 19.2 Å². The highest BCUT2D eigenvalue weighted by molar-refractivity contribution is 5.83. The fourth-order valence-electron chi connectivity index (χ4n) is 3.53. The maximum absolute atomic E-state index is 12.4. The van der Waals surface area contributed by atoms with E-state index in [1.165, 1.54) is 0 Å². The van der Waals surface area contributed by atoms with Crippen molar-refractivity contribution in [2.45, 2.75) is 25.9 Å². The van der Waals surface area contributed by atoms with Gasteiger partial charge in [0.05, 0.1) is 5.52 Å². The molecular formula is C18H21N3O4. The SMILES string of the molecule is CC(=O)N(C)[C@H]1CCN(Cc2cc3cc4c(cc3[nH]c2=O)OCO4)C1. The Balaban J connectivity index is 1.56. The Labute approximate surface area is 145 Å². The third kappa shape index (κ3) is 2.95. The molecule has 0 radical (unpaired) electrons. The first-order valence-corrected chi connectivity index (χ1v) is 8.42. The van der Waals surface area contributed by atoms with Gasteiger partial charge < -0.3 is 19.4 Å². The first-order valence-electron chi connectivity index (χ1n) is 8.42. The number of carbonyl (C=O) groups is 1. The largest absolute Gasteiger partial charge is 0.454 e. The normalized spacial score (nSPS) is 19.5. The summed E-state index contributed by atoms with van der Waals surface area (Å²) < 4.78 is 10.8. The van der Waals surface area contributed by atoms with Crippen molar-refractivity contribution in [1.29, 1.82) is 0 Å². The Morgan fingerprint density at radius 1 is 1.32 bits per heavy atom. The molecule has 1 aromatic carbocycles. The molecule has 2 aliphatic heterocycles. The Kier molecular flexibility index (Phi) is 3.88. The smallest absolute Gasteiger partial charge is 0.252 e. The highest BCUT2D eigenvalue weighted by Gasteiger charge is 2.27. The van der Waals surface area contributed by atoms with Crippen molar-refractivity contribution in [3.8, 4) is 11.5 Å². The third-order valence-corrected chi connectivity index (χ3v) is 5.10. The molecule has 7 heteroatoms. The van der Waals surface area contributed by atoms with Crippen LogP contribution >= 0.6 is 0 Å². The number of carbonyl (C=O) groups excluding carboxylic acids is 1. The lowest BCUT2D eigenvalue weighted by Crippen LogP contribution is -2.37. The number of hydrogen-bond donors (Lipinski definition) is 1. The molecule has 3 heterocycles. The molecule has 25 heavy (non-hydrogen) atoms.